The fourth-order valence-electron chi connectivity index (χ4n) is 2.67. The summed E-state index contributed by atoms with van der Waals surface area (Å²) in [5.41, 5.74) is 0. The monoisotopic (exact) mass is 184 g/mol. The summed E-state index contributed by atoms with van der Waals surface area (Å²) >= 11 is 0. The molecule has 0 aromatic heterocycles. The minimum atomic E-state index is 0.303. The molecule has 0 amide bonds. The molecule has 3 atom stereocenters. The van der Waals surface area contributed by atoms with E-state index in [1.165, 1.54) is 32.6 Å². The van der Waals surface area contributed by atoms with Gasteiger partial charge < -0.3 is 10.0 Å². The number of fused-ring (bicyclic) bond motifs is 2. The van der Waals surface area contributed by atoms with Gasteiger partial charge in [-0.1, -0.05) is 0 Å². The van der Waals surface area contributed by atoms with E-state index in [1.54, 1.807) is 0 Å². The summed E-state index contributed by atoms with van der Waals surface area (Å²) < 4.78 is 0. The van der Waals surface area contributed by atoms with E-state index < -0.39 is 0 Å². The van der Waals surface area contributed by atoms with E-state index >= 15 is 0 Å². The lowest BCUT2D eigenvalue weighted by molar-refractivity contribution is 0.136. The summed E-state index contributed by atoms with van der Waals surface area (Å²) in [4.78, 5) is 5.00. The third-order valence-corrected chi connectivity index (χ3v) is 3.40. The van der Waals surface area contributed by atoms with E-state index in [-0.39, 0.29) is 0 Å². The summed E-state index contributed by atoms with van der Waals surface area (Å²) in [5, 5.41) is 8.94. The standard InChI is InChI=1S/C10H20N2O/c1-9-6-11-3-2-10(7-11)8-12(9)4-5-13/h9-10,13H,2-8H2,1H3. The highest BCUT2D eigenvalue weighted by molar-refractivity contribution is 4.86. The van der Waals surface area contributed by atoms with Gasteiger partial charge in [-0.2, -0.15) is 0 Å². The van der Waals surface area contributed by atoms with Crippen LogP contribution in [0.15, 0.2) is 0 Å². The number of hydrogen-bond donors (Lipinski definition) is 1. The third-order valence-electron chi connectivity index (χ3n) is 3.40. The van der Waals surface area contributed by atoms with Crippen molar-refractivity contribution in [3.63, 3.8) is 0 Å². The molecule has 2 saturated heterocycles. The quantitative estimate of drug-likeness (QED) is 0.654. The van der Waals surface area contributed by atoms with Gasteiger partial charge >= 0.3 is 0 Å². The smallest absolute Gasteiger partial charge is 0.0558 e. The Balaban J connectivity index is 1.96. The van der Waals surface area contributed by atoms with Crippen LogP contribution in [0.5, 0.6) is 0 Å². The number of aliphatic hydroxyl groups is 1. The summed E-state index contributed by atoms with van der Waals surface area (Å²) in [7, 11) is 0. The second kappa shape index (κ2) is 3.95. The van der Waals surface area contributed by atoms with Crippen molar-refractivity contribution in [2.75, 3.05) is 39.3 Å². The van der Waals surface area contributed by atoms with E-state index in [1.807, 2.05) is 0 Å². The maximum Gasteiger partial charge on any atom is 0.0558 e. The Kier molecular flexibility index (Phi) is 2.86. The Morgan fingerprint density at radius 2 is 2.15 bits per heavy atom. The third kappa shape index (κ3) is 2.03. The molecule has 1 N–H and O–H groups in total. The van der Waals surface area contributed by atoms with Gasteiger partial charge in [0.2, 0.25) is 0 Å². The van der Waals surface area contributed by atoms with Crippen molar-refractivity contribution in [2.24, 2.45) is 5.92 Å². The first-order chi connectivity index (χ1) is 6.29. The van der Waals surface area contributed by atoms with Crippen LogP contribution in [0.25, 0.3) is 0 Å². The van der Waals surface area contributed by atoms with Crippen LogP contribution < -0.4 is 0 Å². The first kappa shape index (κ1) is 9.44. The molecule has 3 unspecified atom stereocenters. The predicted molar refractivity (Wildman–Crippen MR) is 52.7 cm³/mol. The average molecular weight is 184 g/mol. The van der Waals surface area contributed by atoms with Gasteiger partial charge in [0.15, 0.2) is 0 Å². The van der Waals surface area contributed by atoms with Crippen molar-refractivity contribution in [1.82, 2.24) is 9.80 Å². The van der Waals surface area contributed by atoms with Crippen LogP contribution in [0.4, 0.5) is 0 Å². The molecule has 0 aromatic rings. The molecule has 3 nitrogen and oxygen atoms in total. The minimum absolute atomic E-state index is 0.303. The first-order valence-electron chi connectivity index (χ1n) is 5.37. The van der Waals surface area contributed by atoms with Gasteiger partial charge in [-0.25, -0.2) is 0 Å². The molecule has 2 fully saturated rings. The minimum Gasteiger partial charge on any atom is -0.395 e. The molecule has 76 valence electrons. The van der Waals surface area contributed by atoms with Crippen LogP contribution in [0.3, 0.4) is 0 Å². The largest absolute Gasteiger partial charge is 0.395 e. The molecule has 3 heteroatoms. The van der Waals surface area contributed by atoms with E-state index in [4.69, 9.17) is 5.11 Å². The molecule has 0 spiro atoms. The highest BCUT2D eigenvalue weighted by atomic mass is 16.3. The average Bonchev–Trinajstić information content (AvgIpc) is 2.45. The molecule has 0 aromatic carbocycles. The van der Waals surface area contributed by atoms with Gasteiger partial charge in [-0.05, 0) is 25.8 Å². The zero-order valence-electron chi connectivity index (χ0n) is 8.45. The van der Waals surface area contributed by atoms with E-state index in [2.05, 4.69) is 16.7 Å². The van der Waals surface area contributed by atoms with E-state index in [0.29, 0.717) is 12.6 Å². The molecule has 0 saturated carbocycles. The molecule has 2 bridgehead atoms. The van der Waals surface area contributed by atoms with Gasteiger partial charge in [0.1, 0.15) is 0 Å². The maximum absolute atomic E-state index is 8.94. The maximum atomic E-state index is 8.94. The van der Waals surface area contributed by atoms with Crippen molar-refractivity contribution in [1.29, 1.82) is 0 Å². The Bertz CT molecular complexity index is 174. The molecule has 0 aliphatic carbocycles. The Morgan fingerprint density at radius 3 is 2.92 bits per heavy atom. The highest BCUT2D eigenvalue weighted by Crippen LogP contribution is 2.22. The lowest BCUT2D eigenvalue weighted by Gasteiger charge is -2.30. The van der Waals surface area contributed by atoms with Gasteiger partial charge in [-0.15, -0.1) is 0 Å². The predicted octanol–water partition coefficient (Wildman–Crippen LogP) is 0.00470. The molecule has 13 heavy (non-hydrogen) atoms. The molecule has 2 aliphatic heterocycles. The van der Waals surface area contributed by atoms with Crippen molar-refractivity contribution in [3.05, 3.63) is 0 Å². The fraction of sp³-hybridized carbons (Fsp3) is 1.00. The molecule has 2 aliphatic rings. The molecule has 2 heterocycles. The topological polar surface area (TPSA) is 26.7 Å². The Labute approximate surface area is 80.3 Å². The fourth-order valence-corrected chi connectivity index (χ4v) is 2.67. The summed E-state index contributed by atoms with van der Waals surface area (Å²) in [6, 6.07) is 0.623. The second-order valence-electron chi connectivity index (χ2n) is 4.48. The number of β-amino-alcohol motifs (C(OH)–C–C–N with tert-alkyl or cyclic N) is 1. The van der Waals surface area contributed by atoms with Crippen LogP contribution in [0.1, 0.15) is 13.3 Å². The van der Waals surface area contributed by atoms with Crippen molar-refractivity contribution in [3.8, 4) is 0 Å². The van der Waals surface area contributed by atoms with Crippen molar-refractivity contribution < 1.29 is 5.11 Å². The summed E-state index contributed by atoms with van der Waals surface area (Å²) in [6.45, 7) is 8.39. The van der Waals surface area contributed by atoms with Gasteiger partial charge in [0.05, 0.1) is 6.61 Å². The summed E-state index contributed by atoms with van der Waals surface area (Å²) in [5.74, 6) is 0.858. The van der Waals surface area contributed by atoms with Gasteiger partial charge in [-0.3, -0.25) is 4.90 Å². The van der Waals surface area contributed by atoms with Crippen molar-refractivity contribution in [2.45, 2.75) is 19.4 Å². The summed E-state index contributed by atoms with van der Waals surface area (Å²) in [6.07, 6.45) is 1.36. The normalized spacial score (nSPS) is 40.6. The molecule has 0 radical (unpaired) electrons. The van der Waals surface area contributed by atoms with E-state index in [9.17, 15) is 0 Å². The number of hydrogen-bond acceptors (Lipinski definition) is 3. The second-order valence-corrected chi connectivity index (χ2v) is 4.48. The lowest BCUT2D eigenvalue weighted by Crippen LogP contribution is -2.42. The SMILES string of the molecule is CC1CN2CCC(C2)CN1CCO. The highest BCUT2D eigenvalue weighted by Gasteiger charge is 2.31. The number of nitrogens with zero attached hydrogens (tertiary/aromatic N) is 2. The van der Waals surface area contributed by atoms with Crippen LogP contribution >= 0.6 is 0 Å². The van der Waals surface area contributed by atoms with Crippen molar-refractivity contribution >= 4 is 0 Å². The van der Waals surface area contributed by atoms with Crippen LogP contribution in [0, 0.1) is 5.92 Å². The van der Waals surface area contributed by atoms with E-state index in [0.717, 1.165) is 12.5 Å². The van der Waals surface area contributed by atoms with Gasteiger partial charge in [0, 0.05) is 32.2 Å². The Morgan fingerprint density at radius 1 is 1.31 bits per heavy atom. The number of rotatable bonds is 2. The molecular weight excluding hydrogens is 164 g/mol. The molecule has 2 rings (SSSR count). The van der Waals surface area contributed by atoms with Gasteiger partial charge in [0.25, 0.3) is 0 Å². The van der Waals surface area contributed by atoms with Crippen LogP contribution in [0.2, 0.25) is 0 Å². The first-order valence-corrected chi connectivity index (χ1v) is 5.37. The molecular formula is C10H20N2O. The van der Waals surface area contributed by atoms with Crippen LogP contribution in [-0.4, -0.2) is 60.3 Å². The Hall–Kier alpha value is -0.120. The number of aliphatic hydroxyl groups excluding tert-OH is 1. The zero-order chi connectivity index (χ0) is 9.26. The lowest BCUT2D eigenvalue weighted by atomic mass is 10.1. The zero-order valence-corrected chi connectivity index (χ0v) is 8.45. The van der Waals surface area contributed by atoms with Crippen LogP contribution in [-0.2, 0) is 0 Å².